The molecule has 4 fully saturated rings. The van der Waals surface area contributed by atoms with Crippen molar-refractivity contribution in [2.45, 2.75) is 49.2 Å². The van der Waals surface area contributed by atoms with Crippen molar-refractivity contribution in [2.75, 3.05) is 5.75 Å². The molecule has 1 N–H and O–H groups in total. The molecule has 5 nitrogen and oxygen atoms in total. The number of carbonyl (C=O) groups is 1. The standard InChI is InChI=1S/C24H26N4OS2/c29-21(25-24-12-16-9-17(13-24)11-18(10-16)14-24)15-31-23-27-26-22(20-7-4-8-30-20)28(23)19-5-2-1-3-6-19/h1-8,16-18H,9-15H2,(H,25,29). The summed E-state index contributed by atoms with van der Waals surface area (Å²) in [5.41, 5.74) is 1.07. The van der Waals surface area contributed by atoms with E-state index in [1.165, 1.54) is 50.3 Å². The van der Waals surface area contributed by atoms with Crippen LogP contribution in [-0.4, -0.2) is 32.0 Å². The number of hydrogen-bond acceptors (Lipinski definition) is 5. The van der Waals surface area contributed by atoms with Gasteiger partial charge >= 0.3 is 0 Å². The van der Waals surface area contributed by atoms with E-state index in [1.54, 1.807) is 11.3 Å². The predicted octanol–water partition coefficient (Wildman–Crippen LogP) is 5.17. The first-order valence-electron chi connectivity index (χ1n) is 11.2. The second-order valence-electron chi connectivity index (χ2n) is 9.49. The van der Waals surface area contributed by atoms with E-state index in [0.29, 0.717) is 5.75 Å². The smallest absolute Gasteiger partial charge is 0.230 e. The Morgan fingerprint density at radius 1 is 1.03 bits per heavy atom. The van der Waals surface area contributed by atoms with Gasteiger partial charge in [-0.15, -0.1) is 21.5 Å². The van der Waals surface area contributed by atoms with Gasteiger partial charge in [0.2, 0.25) is 5.91 Å². The zero-order valence-electron chi connectivity index (χ0n) is 17.4. The maximum absolute atomic E-state index is 13.0. The summed E-state index contributed by atoms with van der Waals surface area (Å²) in [6.45, 7) is 0. The first kappa shape index (κ1) is 19.6. The lowest BCUT2D eigenvalue weighted by Gasteiger charge is -2.56. The van der Waals surface area contributed by atoms with Gasteiger partial charge in [-0.05, 0) is 79.9 Å². The van der Waals surface area contributed by atoms with Crippen molar-refractivity contribution >= 4 is 29.0 Å². The van der Waals surface area contributed by atoms with Crippen molar-refractivity contribution in [3.8, 4) is 16.4 Å². The van der Waals surface area contributed by atoms with Crippen LogP contribution in [0.2, 0.25) is 0 Å². The molecule has 7 heteroatoms. The number of thiophene rings is 1. The molecule has 4 aliphatic carbocycles. The molecule has 160 valence electrons. The van der Waals surface area contributed by atoms with Crippen LogP contribution in [0.5, 0.6) is 0 Å². The maximum atomic E-state index is 13.0. The van der Waals surface area contributed by atoms with Crippen LogP contribution >= 0.6 is 23.1 Å². The Morgan fingerprint density at radius 2 is 1.74 bits per heavy atom. The predicted molar refractivity (Wildman–Crippen MR) is 124 cm³/mol. The Bertz CT molecular complexity index is 1040. The van der Waals surface area contributed by atoms with Gasteiger partial charge in [0, 0.05) is 11.2 Å². The van der Waals surface area contributed by atoms with Gasteiger partial charge in [0.15, 0.2) is 11.0 Å². The van der Waals surface area contributed by atoms with Crippen LogP contribution in [0.4, 0.5) is 0 Å². The fourth-order valence-electron chi connectivity index (χ4n) is 6.46. The van der Waals surface area contributed by atoms with Gasteiger partial charge in [-0.25, -0.2) is 0 Å². The average Bonchev–Trinajstić information content (AvgIpc) is 3.41. The molecule has 4 saturated carbocycles. The first-order valence-corrected chi connectivity index (χ1v) is 13.0. The van der Waals surface area contributed by atoms with Crippen molar-refractivity contribution in [1.82, 2.24) is 20.1 Å². The van der Waals surface area contributed by atoms with Crippen molar-refractivity contribution in [2.24, 2.45) is 17.8 Å². The second-order valence-corrected chi connectivity index (χ2v) is 11.4. The van der Waals surface area contributed by atoms with E-state index < -0.39 is 0 Å². The molecule has 4 aliphatic rings. The molecule has 1 aromatic carbocycles. The van der Waals surface area contributed by atoms with Gasteiger partial charge in [0.25, 0.3) is 0 Å². The lowest BCUT2D eigenvalue weighted by Crippen LogP contribution is -2.60. The van der Waals surface area contributed by atoms with Gasteiger partial charge in [0.1, 0.15) is 0 Å². The highest BCUT2D eigenvalue weighted by Crippen LogP contribution is 2.55. The van der Waals surface area contributed by atoms with Gasteiger partial charge in [-0.1, -0.05) is 36.0 Å². The molecule has 0 spiro atoms. The third-order valence-corrected chi connectivity index (χ3v) is 8.96. The van der Waals surface area contributed by atoms with Gasteiger partial charge in [0.05, 0.1) is 10.6 Å². The number of rotatable bonds is 6. The van der Waals surface area contributed by atoms with Crippen LogP contribution in [0.1, 0.15) is 38.5 Å². The van der Waals surface area contributed by atoms with Gasteiger partial charge < -0.3 is 5.32 Å². The third kappa shape index (κ3) is 3.72. The summed E-state index contributed by atoms with van der Waals surface area (Å²) in [4.78, 5) is 14.1. The molecule has 3 aromatic rings. The summed E-state index contributed by atoms with van der Waals surface area (Å²) in [5.74, 6) is 3.81. The number of nitrogens with one attached hydrogen (secondary N) is 1. The monoisotopic (exact) mass is 450 g/mol. The lowest BCUT2D eigenvalue weighted by molar-refractivity contribution is -0.124. The quantitative estimate of drug-likeness (QED) is 0.526. The summed E-state index contributed by atoms with van der Waals surface area (Å²) in [6, 6.07) is 14.2. The minimum absolute atomic E-state index is 0.0572. The third-order valence-electron chi connectivity index (χ3n) is 7.16. The molecule has 31 heavy (non-hydrogen) atoms. The van der Waals surface area contributed by atoms with E-state index in [-0.39, 0.29) is 11.4 Å². The van der Waals surface area contributed by atoms with Crippen molar-refractivity contribution in [3.63, 3.8) is 0 Å². The average molecular weight is 451 g/mol. The van der Waals surface area contributed by atoms with E-state index in [0.717, 1.165) is 39.3 Å². The number of thioether (sulfide) groups is 1. The van der Waals surface area contributed by atoms with Crippen LogP contribution in [0.25, 0.3) is 16.4 Å². The molecule has 0 radical (unpaired) electrons. The molecule has 2 heterocycles. The first-order chi connectivity index (χ1) is 15.2. The number of carbonyl (C=O) groups excluding carboxylic acids is 1. The summed E-state index contributed by atoms with van der Waals surface area (Å²) < 4.78 is 2.06. The molecule has 4 bridgehead atoms. The number of nitrogens with zero attached hydrogens (tertiary/aromatic N) is 3. The molecule has 0 saturated heterocycles. The Hall–Kier alpha value is -2.12. The SMILES string of the molecule is O=C(CSc1nnc(-c2cccs2)n1-c1ccccc1)NC12CC3CC(CC(C3)C1)C2. The normalized spacial score (nSPS) is 28.7. The number of hydrogen-bond donors (Lipinski definition) is 1. The summed E-state index contributed by atoms with van der Waals surface area (Å²) in [5, 5.41) is 15.2. The Balaban J connectivity index is 1.20. The molecule has 0 atom stereocenters. The van der Waals surface area contributed by atoms with E-state index in [4.69, 9.17) is 0 Å². The van der Waals surface area contributed by atoms with Crippen molar-refractivity contribution in [3.05, 3.63) is 47.8 Å². The van der Waals surface area contributed by atoms with Crippen molar-refractivity contribution in [1.29, 1.82) is 0 Å². The Kier molecular flexibility index (Phi) is 4.91. The molecular formula is C24H26N4OS2. The number of amides is 1. The van der Waals surface area contributed by atoms with Crippen LogP contribution in [0, 0.1) is 17.8 Å². The lowest BCUT2D eigenvalue weighted by atomic mass is 9.53. The summed E-state index contributed by atoms with van der Waals surface area (Å²) in [7, 11) is 0. The second kappa shape index (κ2) is 7.78. The number of benzene rings is 1. The summed E-state index contributed by atoms with van der Waals surface area (Å²) >= 11 is 3.13. The molecule has 0 aliphatic heterocycles. The minimum Gasteiger partial charge on any atom is -0.350 e. The molecule has 7 rings (SSSR count). The van der Waals surface area contributed by atoms with Crippen LogP contribution in [-0.2, 0) is 4.79 Å². The van der Waals surface area contributed by atoms with Crippen LogP contribution in [0.15, 0.2) is 53.0 Å². The maximum Gasteiger partial charge on any atom is 0.230 e. The zero-order chi connectivity index (χ0) is 20.8. The van der Waals surface area contributed by atoms with E-state index in [9.17, 15) is 4.79 Å². The van der Waals surface area contributed by atoms with E-state index >= 15 is 0 Å². The fourth-order valence-corrected chi connectivity index (χ4v) is 7.91. The number of para-hydroxylation sites is 1. The summed E-state index contributed by atoms with van der Waals surface area (Å²) in [6.07, 6.45) is 7.69. The van der Waals surface area contributed by atoms with Crippen molar-refractivity contribution < 1.29 is 4.79 Å². The highest BCUT2D eigenvalue weighted by atomic mass is 32.2. The minimum atomic E-state index is 0.0572. The van der Waals surface area contributed by atoms with E-state index in [1.807, 2.05) is 29.6 Å². The van der Waals surface area contributed by atoms with Gasteiger partial charge in [-0.2, -0.15) is 0 Å². The largest absolute Gasteiger partial charge is 0.350 e. The number of aromatic nitrogens is 3. The molecule has 2 aromatic heterocycles. The Labute approximate surface area is 190 Å². The Morgan fingerprint density at radius 3 is 2.39 bits per heavy atom. The van der Waals surface area contributed by atoms with Crippen LogP contribution < -0.4 is 5.32 Å². The van der Waals surface area contributed by atoms with Crippen LogP contribution in [0.3, 0.4) is 0 Å². The van der Waals surface area contributed by atoms with Gasteiger partial charge in [-0.3, -0.25) is 9.36 Å². The topological polar surface area (TPSA) is 59.8 Å². The van der Waals surface area contributed by atoms with E-state index in [2.05, 4.69) is 38.3 Å². The highest BCUT2D eigenvalue weighted by Gasteiger charge is 2.51. The highest BCUT2D eigenvalue weighted by molar-refractivity contribution is 7.99. The molecular weight excluding hydrogens is 424 g/mol. The zero-order valence-corrected chi connectivity index (χ0v) is 19.0. The fraction of sp³-hybridized carbons (Fsp3) is 0.458. The molecule has 0 unspecified atom stereocenters. The molecule has 1 amide bonds.